The van der Waals surface area contributed by atoms with E-state index in [1.54, 1.807) is 17.7 Å². The lowest BCUT2D eigenvalue weighted by atomic mass is 10.2. The Morgan fingerprint density at radius 2 is 2.37 bits per heavy atom. The number of aryl methyl sites for hydroxylation is 1. The van der Waals surface area contributed by atoms with Gasteiger partial charge in [0.25, 0.3) is 5.56 Å². The van der Waals surface area contributed by atoms with Crippen molar-refractivity contribution in [3.05, 3.63) is 22.1 Å². The summed E-state index contributed by atoms with van der Waals surface area (Å²) in [6.45, 7) is 3.86. The predicted molar refractivity (Wildman–Crippen MR) is 72.5 cm³/mol. The van der Waals surface area contributed by atoms with Crippen LogP contribution in [0.25, 0.3) is 0 Å². The Morgan fingerprint density at radius 1 is 1.63 bits per heavy atom. The van der Waals surface area contributed by atoms with Crippen molar-refractivity contribution in [3.8, 4) is 6.01 Å². The molecule has 3 atom stereocenters. The maximum absolute atomic E-state index is 11.6. The number of hydrogen-bond donors (Lipinski definition) is 2. The summed E-state index contributed by atoms with van der Waals surface area (Å²) in [7, 11) is 0. The summed E-state index contributed by atoms with van der Waals surface area (Å²) in [5.74, 6) is 0. The normalized spacial score (nSPS) is 26.6. The molecule has 0 bridgehead atoms. The number of rotatable bonds is 4. The molecule has 1 aromatic rings. The van der Waals surface area contributed by atoms with Crippen molar-refractivity contribution in [2.45, 2.75) is 37.0 Å². The van der Waals surface area contributed by atoms with Gasteiger partial charge in [-0.2, -0.15) is 4.98 Å². The Morgan fingerprint density at radius 3 is 2.95 bits per heavy atom. The van der Waals surface area contributed by atoms with Crippen molar-refractivity contribution in [2.24, 2.45) is 0 Å². The SMILES string of the molecule is CCOc1nc(=O)c(C)cn1[C@H]1C[C@H](O)[C@@H](CO)S1. The van der Waals surface area contributed by atoms with Crippen LogP contribution in [0, 0.1) is 6.92 Å². The maximum atomic E-state index is 11.6. The second kappa shape index (κ2) is 5.94. The summed E-state index contributed by atoms with van der Waals surface area (Å²) in [4.78, 5) is 15.5. The van der Waals surface area contributed by atoms with Gasteiger partial charge in [0.2, 0.25) is 0 Å². The minimum atomic E-state index is -0.561. The van der Waals surface area contributed by atoms with E-state index in [9.17, 15) is 15.0 Å². The number of aliphatic hydroxyl groups excluding tert-OH is 2. The van der Waals surface area contributed by atoms with E-state index in [-0.39, 0.29) is 28.8 Å². The van der Waals surface area contributed by atoms with Crippen LogP contribution < -0.4 is 10.3 Å². The molecule has 2 N–H and O–H groups in total. The fraction of sp³-hybridized carbons (Fsp3) is 0.667. The molecular formula is C12H18N2O4S. The van der Waals surface area contributed by atoms with Crippen LogP contribution in [-0.2, 0) is 0 Å². The smallest absolute Gasteiger partial charge is 0.300 e. The second-order valence-electron chi connectivity index (χ2n) is 4.47. The Bertz CT molecular complexity index is 505. The predicted octanol–water partition coefficient (Wildman–Crippen LogP) is 0.308. The van der Waals surface area contributed by atoms with Gasteiger partial charge in [-0.15, -0.1) is 11.8 Å². The van der Waals surface area contributed by atoms with Crippen LogP contribution in [0.4, 0.5) is 0 Å². The lowest BCUT2D eigenvalue weighted by molar-refractivity contribution is 0.136. The van der Waals surface area contributed by atoms with E-state index >= 15 is 0 Å². The zero-order valence-electron chi connectivity index (χ0n) is 10.9. The number of hydrogen-bond acceptors (Lipinski definition) is 6. The highest BCUT2D eigenvalue weighted by Crippen LogP contribution is 2.42. The van der Waals surface area contributed by atoms with E-state index in [1.165, 1.54) is 11.8 Å². The molecule has 1 saturated heterocycles. The van der Waals surface area contributed by atoms with Gasteiger partial charge in [0, 0.05) is 18.2 Å². The third-order valence-corrected chi connectivity index (χ3v) is 4.60. The molecule has 0 aliphatic carbocycles. The van der Waals surface area contributed by atoms with Gasteiger partial charge in [-0.1, -0.05) is 0 Å². The van der Waals surface area contributed by atoms with Crippen LogP contribution in [0.1, 0.15) is 24.3 Å². The van der Waals surface area contributed by atoms with Gasteiger partial charge < -0.3 is 14.9 Å². The van der Waals surface area contributed by atoms with Crippen molar-refractivity contribution in [1.82, 2.24) is 9.55 Å². The quantitative estimate of drug-likeness (QED) is 0.828. The fourth-order valence-corrected chi connectivity index (χ4v) is 3.42. The van der Waals surface area contributed by atoms with Gasteiger partial charge in [-0.3, -0.25) is 9.36 Å². The zero-order valence-corrected chi connectivity index (χ0v) is 11.8. The Balaban J connectivity index is 2.33. The average molecular weight is 286 g/mol. The molecule has 1 aromatic heterocycles. The molecular weight excluding hydrogens is 268 g/mol. The molecule has 0 unspecified atom stereocenters. The van der Waals surface area contributed by atoms with Crippen LogP contribution in [0.2, 0.25) is 0 Å². The first-order valence-corrected chi connectivity index (χ1v) is 7.18. The number of aliphatic hydroxyl groups is 2. The largest absolute Gasteiger partial charge is 0.465 e. The average Bonchev–Trinajstić information content (AvgIpc) is 2.75. The minimum Gasteiger partial charge on any atom is -0.465 e. The van der Waals surface area contributed by atoms with E-state index in [0.29, 0.717) is 18.6 Å². The van der Waals surface area contributed by atoms with E-state index < -0.39 is 6.10 Å². The monoisotopic (exact) mass is 286 g/mol. The Kier molecular flexibility index (Phi) is 4.49. The maximum Gasteiger partial charge on any atom is 0.300 e. The summed E-state index contributed by atoms with van der Waals surface area (Å²) >= 11 is 1.47. The standard InChI is InChI=1S/C12H18N2O4S/c1-3-18-12-13-11(17)7(2)5-14(12)10-4-8(16)9(6-15)19-10/h5,8-10,15-16H,3-4,6H2,1-2H3/t8-,9+,10+/m0/s1. The first-order chi connectivity index (χ1) is 9.06. The van der Waals surface area contributed by atoms with Gasteiger partial charge in [-0.05, 0) is 13.8 Å². The van der Waals surface area contributed by atoms with Crippen molar-refractivity contribution in [3.63, 3.8) is 0 Å². The van der Waals surface area contributed by atoms with E-state index in [1.807, 2.05) is 6.92 Å². The number of thioether (sulfide) groups is 1. The molecule has 1 aliphatic rings. The topological polar surface area (TPSA) is 84.6 Å². The molecule has 19 heavy (non-hydrogen) atoms. The molecule has 106 valence electrons. The van der Waals surface area contributed by atoms with Gasteiger partial charge in [0.05, 0.1) is 29.9 Å². The number of aromatic nitrogens is 2. The van der Waals surface area contributed by atoms with E-state index in [4.69, 9.17) is 4.74 Å². The van der Waals surface area contributed by atoms with Crippen molar-refractivity contribution >= 4 is 11.8 Å². The van der Waals surface area contributed by atoms with E-state index in [0.717, 1.165) is 0 Å². The minimum absolute atomic E-state index is 0.0705. The summed E-state index contributed by atoms with van der Waals surface area (Å²) in [6, 6.07) is 0.265. The Labute approximate surface area is 115 Å². The summed E-state index contributed by atoms with van der Waals surface area (Å²) in [5, 5.41) is 18.7. The van der Waals surface area contributed by atoms with Gasteiger partial charge in [0.1, 0.15) is 0 Å². The molecule has 2 heterocycles. The highest BCUT2D eigenvalue weighted by atomic mass is 32.2. The van der Waals surface area contributed by atoms with Gasteiger partial charge in [-0.25, -0.2) is 0 Å². The molecule has 1 aliphatic heterocycles. The molecule has 0 radical (unpaired) electrons. The summed E-state index contributed by atoms with van der Waals surface area (Å²) < 4.78 is 7.15. The molecule has 7 heteroatoms. The third kappa shape index (κ3) is 2.93. The highest BCUT2D eigenvalue weighted by Gasteiger charge is 2.35. The molecule has 0 spiro atoms. The molecule has 0 aromatic carbocycles. The van der Waals surface area contributed by atoms with Crippen LogP contribution in [0.3, 0.4) is 0 Å². The van der Waals surface area contributed by atoms with Crippen LogP contribution in [0.5, 0.6) is 6.01 Å². The van der Waals surface area contributed by atoms with Crippen molar-refractivity contribution < 1.29 is 14.9 Å². The summed E-state index contributed by atoms with van der Waals surface area (Å²) in [5.41, 5.74) is 0.230. The van der Waals surface area contributed by atoms with Crippen LogP contribution in [-0.4, -0.2) is 44.3 Å². The van der Waals surface area contributed by atoms with Gasteiger partial charge >= 0.3 is 6.01 Å². The van der Waals surface area contributed by atoms with E-state index in [2.05, 4.69) is 4.98 Å². The third-order valence-electron chi connectivity index (χ3n) is 3.06. The van der Waals surface area contributed by atoms with Crippen molar-refractivity contribution in [2.75, 3.05) is 13.2 Å². The van der Waals surface area contributed by atoms with Crippen LogP contribution >= 0.6 is 11.8 Å². The first kappa shape index (κ1) is 14.4. The van der Waals surface area contributed by atoms with Gasteiger partial charge in [0.15, 0.2) is 0 Å². The molecule has 0 amide bonds. The molecule has 1 fully saturated rings. The summed E-state index contributed by atoms with van der Waals surface area (Å²) in [6.07, 6.45) is 1.64. The second-order valence-corrected chi connectivity index (χ2v) is 5.89. The lowest BCUT2D eigenvalue weighted by Gasteiger charge is -2.18. The lowest BCUT2D eigenvalue weighted by Crippen LogP contribution is -2.21. The van der Waals surface area contributed by atoms with Crippen LogP contribution in [0.15, 0.2) is 11.0 Å². The van der Waals surface area contributed by atoms with Crippen molar-refractivity contribution in [1.29, 1.82) is 0 Å². The zero-order chi connectivity index (χ0) is 14.0. The molecule has 0 saturated carbocycles. The Hall–Kier alpha value is -1.05. The molecule has 2 rings (SSSR count). The number of ether oxygens (including phenoxy) is 1. The fourth-order valence-electron chi connectivity index (χ4n) is 2.04. The molecule has 6 nitrogen and oxygen atoms in total. The first-order valence-electron chi connectivity index (χ1n) is 6.23. The number of nitrogens with zero attached hydrogens (tertiary/aromatic N) is 2. The highest BCUT2D eigenvalue weighted by molar-refractivity contribution is 8.00.